The zero-order chi connectivity index (χ0) is 13.7. The molecule has 0 spiro atoms. The second kappa shape index (κ2) is 5.94. The van der Waals surface area contributed by atoms with Gasteiger partial charge in [-0.3, -0.25) is 10.6 Å². The minimum Gasteiger partial charge on any atom is -0.392 e. The molecule has 1 aromatic carbocycles. The van der Waals surface area contributed by atoms with Crippen LogP contribution in [0.25, 0.3) is 0 Å². The van der Waals surface area contributed by atoms with Crippen molar-refractivity contribution in [2.45, 2.75) is 6.61 Å². The molecule has 0 saturated heterocycles. The molecule has 1 heterocycles. The Morgan fingerprint density at radius 1 is 1.16 bits per heavy atom. The molecule has 1 aromatic heterocycles. The van der Waals surface area contributed by atoms with Gasteiger partial charge in [0.05, 0.1) is 18.5 Å². The number of aromatic nitrogens is 1. The third-order valence-corrected chi connectivity index (χ3v) is 2.56. The molecule has 0 aliphatic rings. The number of rotatable bonds is 4. The van der Waals surface area contributed by atoms with E-state index >= 15 is 0 Å². The summed E-state index contributed by atoms with van der Waals surface area (Å²) in [5.41, 5.74) is 4.79. The number of nitrogen functional groups attached to an aromatic ring is 1. The first kappa shape index (κ1) is 13.0. The van der Waals surface area contributed by atoms with Gasteiger partial charge in [0.2, 0.25) is 0 Å². The topological polar surface area (TPSA) is 100 Å². The van der Waals surface area contributed by atoms with Gasteiger partial charge >= 0.3 is 0 Å². The van der Waals surface area contributed by atoms with Crippen LogP contribution in [-0.2, 0) is 6.61 Å². The Labute approximate surface area is 110 Å². The summed E-state index contributed by atoms with van der Waals surface area (Å²) in [5.74, 6) is 4.91. The highest BCUT2D eigenvalue weighted by molar-refractivity contribution is 6.02. The lowest BCUT2D eigenvalue weighted by Crippen LogP contribution is -2.14. The van der Waals surface area contributed by atoms with E-state index in [0.29, 0.717) is 17.1 Å². The van der Waals surface area contributed by atoms with Crippen molar-refractivity contribution in [2.75, 3.05) is 10.7 Å². The molecule has 6 nitrogen and oxygen atoms in total. The molecule has 0 radical (unpaired) electrons. The minimum atomic E-state index is -0.305. The molecule has 0 fully saturated rings. The van der Waals surface area contributed by atoms with Gasteiger partial charge in [-0.15, -0.1) is 0 Å². The second-order valence-electron chi connectivity index (χ2n) is 3.89. The van der Waals surface area contributed by atoms with Crippen LogP contribution in [0.2, 0.25) is 0 Å². The van der Waals surface area contributed by atoms with Crippen molar-refractivity contribution in [3.63, 3.8) is 0 Å². The number of hydrogen-bond acceptors (Lipinski definition) is 5. The molecular formula is C13H14N4O2. The number of nitrogens with one attached hydrogen (secondary N) is 2. The summed E-state index contributed by atoms with van der Waals surface area (Å²) in [4.78, 5) is 15.9. The van der Waals surface area contributed by atoms with E-state index in [9.17, 15) is 4.79 Å². The van der Waals surface area contributed by atoms with Crippen molar-refractivity contribution in [2.24, 2.45) is 5.84 Å². The van der Waals surface area contributed by atoms with Crippen LogP contribution in [0, 0.1) is 0 Å². The SMILES string of the molecule is NNc1ccc(C(=O)Nc2ccc(CO)cc2)nc1. The maximum atomic E-state index is 11.9. The van der Waals surface area contributed by atoms with Gasteiger partial charge in [-0.05, 0) is 29.8 Å². The lowest BCUT2D eigenvalue weighted by Gasteiger charge is -2.06. The normalized spacial score (nSPS) is 10.0. The van der Waals surface area contributed by atoms with Gasteiger partial charge in [0, 0.05) is 5.69 Å². The van der Waals surface area contributed by atoms with Gasteiger partial charge in [0.25, 0.3) is 5.91 Å². The number of pyridine rings is 1. The van der Waals surface area contributed by atoms with Crippen LogP contribution in [-0.4, -0.2) is 16.0 Å². The molecule has 0 aliphatic heterocycles. The monoisotopic (exact) mass is 258 g/mol. The van der Waals surface area contributed by atoms with Crippen molar-refractivity contribution in [1.29, 1.82) is 0 Å². The largest absolute Gasteiger partial charge is 0.392 e. The lowest BCUT2D eigenvalue weighted by molar-refractivity contribution is 0.102. The van der Waals surface area contributed by atoms with Gasteiger partial charge < -0.3 is 15.8 Å². The number of carbonyl (C=O) groups excluding carboxylic acids is 1. The molecule has 19 heavy (non-hydrogen) atoms. The van der Waals surface area contributed by atoms with Gasteiger partial charge in [0.1, 0.15) is 5.69 Å². The Morgan fingerprint density at radius 2 is 1.84 bits per heavy atom. The Balaban J connectivity index is 2.06. The second-order valence-corrected chi connectivity index (χ2v) is 3.89. The fourth-order valence-corrected chi connectivity index (χ4v) is 1.50. The Bertz CT molecular complexity index is 552. The fraction of sp³-hybridized carbons (Fsp3) is 0.0769. The first-order valence-electron chi connectivity index (χ1n) is 5.67. The standard InChI is InChI=1S/C13H14N4O2/c14-17-11-5-6-12(15-7-11)13(19)16-10-3-1-9(8-18)2-4-10/h1-7,17-18H,8,14H2,(H,16,19). The number of anilines is 2. The van der Waals surface area contributed by atoms with Crippen LogP contribution in [0.4, 0.5) is 11.4 Å². The van der Waals surface area contributed by atoms with Crippen LogP contribution < -0.4 is 16.6 Å². The smallest absolute Gasteiger partial charge is 0.274 e. The highest BCUT2D eigenvalue weighted by atomic mass is 16.3. The Morgan fingerprint density at radius 3 is 2.37 bits per heavy atom. The van der Waals surface area contributed by atoms with E-state index in [1.165, 1.54) is 6.20 Å². The van der Waals surface area contributed by atoms with E-state index < -0.39 is 0 Å². The predicted molar refractivity (Wildman–Crippen MR) is 72.4 cm³/mol. The molecule has 0 aliphatic carbocycles. The van der Waals surface area contributed by atoms with E-state index in [1.54, 1.807) is 36.4 Å². The molecule has 2 rings (SSSR count). The first-order chi connectivity index (χ1) is 9.22. The predicted octanol–water partition coefficient (Wildman–Crippen LogP) is 1.11. The molecular weight excluding hydrogens is 244 g/mol. The Kier molecular flexibility index (Phi) is 4.07. The molecule has 2 aromatic rings. The molecule has 0 unspecified atom stereocenters. The summed E-state index contributed by atoms with van der Waals surface area (Å²) in [7, 11) is 0. The quantitative estimate of drug-likeness (QED) is 0.486. The van der Waals surface area contributed by atoms with E-state index in [-0.39, 0.29) is 12.5 Å². The van der Waals surface area contributed by atoms with Crippen LogP contribution >= 0.6 is 0 Å². The van der Waals surface area contributed by atoms with Crippen LogP contribution in [0.5, 0.6) is 0 Å². The number of benzene rings is 1. The van der Waals surface area contributed by atoms with E-state index in [4.69, 9.17) is 10.9 Å². The summed E-state index contributed by atoms with van der Waals surface area (Å²) >= 11 is 0. The maximum Gasteiger partial charge on any atom is 0.274 e. The number of aliphatic hydroxyl groups is 1. The van der Waals surface area contributed by atoms with Gasteiger partial charge in [0.15, 0.2) is 0 Å². The van der Waals surface area contributed by atoms with Crippen molar-refractivity contribution in [1.82, 2.24) is 4.98 Å². The fourth-order valence-electron chi connectivity index (χ4n) is 1.50. The van der Waals surface area contributed by atoms with Gasteiger partial charge in [-0.2, -0.15) is 0 Å². The molecule has 0 saturated carbocycles. The third kappa shape index (κ3) is 3.27. The molecule has 0 atom stereocenters. The average molecular weight is 258 g/mol. The highest BCUT2D eigenvalue weighted by Crippen LogP contribution is 2.11. The summed E-state index contributed by atoms with van der Waals surface area (Å²) in [6.07, 6.45) is 1.48. The number of nitrogens with two attached hydrogens (primary N) is 1. The van der Waals surface area contributed by atoms with Crippen LogP contribution in [0.3, 0.4) is 0 Å². The molecule has 0 bridgehead atoms. The summed E-state index contributed by atoms with van der Waals surface area (Å²) in [6, 6.07) is 10.2. The van der Waals surface area contributed by atoms with E-state index in [0.717, 1.165) is 5.56 Å². The van der Waals surface area contributed by atoms with Crippen molar-refractivity contribution >= 4 is 17.3 Å². The minimum absolute atomic E-state index is 0.0245. The average Bonchev–Trinajstić information content (AvgIpc) is 2.48. The zero-order valence-corrected chi connectivity index (χ0v) is 10.1. The van der Waals surface area contributed by atoms with Gasteiger partial charge in [-0.25, -0.2) is 4.98 Å². The lowest BCUT2D eigenvalue weighted by atomic mass is 10.2. The van der Waals surface area contributed by atoms with E-state index in [2.05, 4.69) is 15.7 Å². The van der Waals surface area contributed by atoms with Crippen LogP contribution in [0.1, 0.15) is 16.1 Å². The number of carbonyl (C=O) groups is 1. The van der Waals surface area contributed by atoms with Crippen LogP contribution in [0.15, 0.2) is 42.6 Å². The summed E-state index contributed by atoms with van der Waals surface area (Å²) in [5, 5.41) is 11.6. The third-order valence-electron chi connectivity index (χ3n) is 2.56. The first-order valence-corrected chi connectivity index (χ1v) is 5.67. The molecule has 1 amide bonds. The molecule has 5 N–H and O–H groups in total. The van der Waals surface area contributed by atoms with Crippen molar-refractivity contribution in [3.8, 4) is 0 Å². The highest BCUT2D eigenvalue weighted by Gasteiger charge is 2.07. The summed E-state index contributed by atoms with van der Waals surface area (Å²) in [6.45, 7) is -0.0245. The number of amides is 1. The molecule has 6 heteroatoms. The van der Waals surface area contributed by atoms with E-state index in [1.807, 2.05) is 0 Å². The summed E-state index contributed by atoms with van der Waals surface area (Å²) < 4.78 is 0. The van der Waals surface area contributed by atoms with Crippen molar-refractivity contribution < 1.29 is 9.90 Å². The Hall–Kier alpha value is -2.44. The number of hydrazine groups is 1. The molecule has 98 valence electrons. The number of nitrogens with zero attached hydrogens (tertiary/aromatic N) is 1. The number of aliphatic hydroxyl groups excluding tert-OH is 1. The maximum absolute atomic E-state index is 11.9. The van der Waals surface area contributed by atoms with Crippen molar-refractivity contribution in [3.05, 3.63) is 53.9 Å². The zero-order valence-electron chi connectivity index (χ0n) is 10.1. The number of hydrogen-bond donors (Lipinski definition) is 4. The van der Waals surface area contributed by atoms with Gasteiger partial charge in [-0.1, -0.05) is 12.1 Å².